The van der Waals surface area contributed by atoms with Gasteiger partial charge in [0, 0.05) is 11.8 Å². The van der Waals surface area contributed by atoms with Crippen LogP contribution in [-0.4, -0.2) is 29.5 Å². The molecule has 0 fully saturated rings. The van der Waals surface area contributed by atoms with Crippen LogP contribution in [0.1, 0.15) is 23.7 Å². The summed E-state index contributed by atoms with van der Waals surface area (Å²) in [5, 5.41) is 24.1. The van der Waals surface area contributed by atoms with Gasteiger partial charge in [-0.05, 0) is 36.8 Å². The van der Waals surface area contributed by atoms with Crippen LogP contribution in [0, 0.1) is 5.95 Å². The third-order valence-electron chi connectivity index (χ3n) is 4.11. The summed E-state index contributed by atoms with van der Waals surface area (Å²) in [5.41, 5.74) is 0.681. The summed E-state index contributed by atoms with van der Waals surface area (Å²) in [6.07, 6.45) is 1.46. The zero-order valence-electron chi connectivity index (χ0n) is 15.0. The smallest absolute Gasteiger partial charge is 0.254 e. The van der Waals surface area contributed by atoms with Crippen molar-refractivity contribution in [3.63, 3.8) is 0 Å². The maximum Gasteiger partial charge on any atom is 0.254 e. The quantitative estimate of drug-likeness (QED) is 0.393. The standard InChI is InChI=1S/C17H15FN6O3S2/c1-17(25,15-24-23-14(27-15)8-21-29(19)26)16-22-11-4-2-9(6-12(11)28-16)10-3-5-13(18)20-7-10/h2-7,21,25H,8,19H2,1H3. The fourth-order valence-electron chi connectivity index (χ4n) is 2.61. The van der Waals surface area contributed by atoms with Gasteiger partial charge in [0.25, 0.3) is 5.89 Å². The summed E-state index contributed by atoms with van der Waals surface area (Å²) in [7, 11) is 0. The molecule has 0 aliphatic rings. The molecule has 0 amide bonds. The van der Waals surface area contributed by atoms with Gasteiger partial charge in [0.15, 0.2) is 16.8 Å². The number of hydrogen-bond acceptors (Lipinski definition) is 8. The minimum Gasteiger partial charge on any atom is -0.420 e. The molecule has 1 aromatic carbocycles. The normalized spacial score (nSPS) is 14.8. The van der Waals surface area contributed by atoms with E-state index in [4.69, 9.17) is 9.56 Å². The fourth-order valence-corrected chi connectivity index (χ4v) is 3.91. The fraction of sp³-hybridized carbons (Fsp3) is 0.176. The van der Waals surface area contributed by atoms with Crippen molar-refractivity contribution in [2.75, 3.05) is 0 Å². The van der Waals surface area contributed by atoms with Gasteiger partial charge < -0.3 is 9.52 Å². The van der Waals surface area contributed by atoms with Crippen LogP contribution in [0.15, 0.2) is 40.9 Å². The molecule has 4 N–H and O–H groups in total. The largest absolute Gasteiger partial charge is 0.420 e. The van der Waals surface area contributed by atoms with Gasteiger partial charge in [-0.2, -0.15) is 4.39 Å². The van der Waals surface area contributed by atoms with E-state index in [0.29, 0.717) is 10.5 Å². The van der Waals surface area contributed by atoms with Crippen LogP contribution < -0.4 is 9.86 Å². The number of nitrogens with two attached hydrogens (primary N) is 1. The molecule has 2 unspecified atom stereocenters. The number of benzene rings is 1. The molecular weight excluding hydrogens is 419 g/mol. The van der Waals surface area contributed by atoms with E-state index < -0.39 is 22.7 Å². The van der Waals surface area contributed by atoms with Gasteiger partial charge in [0.2, 0.25) is 11.8 Å². The summed E-state index contributed by atoms with van der Waals surface area (Å²) >= 11 is -0.449. The molecule has 0 radical (unpaired) electrons. The zero-order valence-corrected chi connectivity index (χ0v) is 16.6. The molecular formula is C17H15FN6O3S2. The average molecular weight is 434 g/mol. The first-order valence-corrected chi connectivity index (χ1v) is 10.3. The van der Waals surface area contributed by atoms with Crippen LogP contribution in [0.25, 0.3) is 21.3 Å². The molecule has 0 saturated carbocycles. The summed E-state index contributed by atoms with van der Waals surface area (Å²) in [6, 6.07) is 8.48. The molecule has 29 heavy (non-hydrogen) atoms. The molecule has 0 spiro atoms. The number of halogens is 1. The van der Waals surface area contributed by atoms with Gasteiger partial charge in [-0.15, -0.1) is 21.5 Å². The van der Waals surface area contributed by atoms with E-state index in [1.165, 1.54) is 30.5 Å². The van der Waals surface area contributed by atoms with Crippen molar-refractivity contribution in [1.29, 1.82) is 0 Å². The van der Waals surface area contributed by atoms with E-state index in [9.17, 15) is 13.7 Å². The van der Waals surface area contributed by atoms with E-state index >= 15 is 0 Å². The predicted molar refractivity (Wildman–Crippen MR) is 105 cm³/mol. The summed E-state index contributed by atoms with van der Waals surface area (Å²) in [5.74, 6) is -0.455. The van der Waals surface area contributed by atoms with Crippen molar-refractivity contribution < 1.29 is 18.1 Å². The van der Waals surface area contributed by atoms with Crippen LogP contribution >= 0.6 is 11.3 Å². The van der Waals surface area contributed by atoms with Gasteiger partial charge in [-0.1, -0.05) is 6.07 Å². The lowest BCUT2D eigenvalue weighted by molar-refractivity contribution is 0.0692. The second kappa shape index (κ2) is 7.65. The first kappa shape index (κ1) is 19.7. The molecule has 4 aromatic rings. The monoisotopic (exact) mass is 434 g/mol. The van der Waals surface area contributed by atoms with Gasteiger partial charge in [-0.3, -0.25) is 0 Å². The Morgan fingerprint density at radius 3 is 2.83 bits per heavy atom. The highest BCUT2D eigenvalue weighted by molar-refractivity contribution is 7.80. The summed E-state index contributed by atoms with van der Waals surface area (Å²) in [6.45, 7) is 1.50. The highest BCUT2D eigenvalue weighted by Crippen LogP contribution is 2.35. The van der Waals surface area contributed by atoms with Crippen LogP contribution in [0.4, 0.5) is 4.39 Å². The Hall–Kier alpha value is -2.64. The molecule has 2 atom stereocenters. The molecule has 9 nitrogen and oxygen atoms in total. The lowest BCUT2D eigenvalue weighted by Gasteiger charge is -2.14. The number of aliphatic hydroxyl groups is 1. The lowest BCUT2D eigenvalue weighted by Crippen LogP contribution is -2.23. The third kappa shape index (κ3) is 4.06. The molecule has 12 heteroatoms. The Labute approximate surface area is 170 Å². The van der Waals surface area contributed by atoms with Crippen molar-refractivity contribution in [3.8, 4) is 11.1 Å². The predicted octanol–water partition coefficient (Wildman–Crippen LogP) is 1.76. The van der Waals surface area contributed by atoms with E-state index in [1.54, 1.807) is 6.07 Å². The molecule has 0 aliphatic carbocycles. The zero-order chi connectivity index (χ0) is 20.6. The number of aromatic nitrogens is 4. The summed E-state index contributed by atoms with van der Waals surface area (Å²) in [4.78, 5) is 8.14. The van der Waals surface area contributed by atoms with Crippen molar-refractivity contribution in [1.82, 2.24) is 24.9 Å². The third-order valence-corrected chi connectivity index (χ3v) is 5.77. The maximum absolute atomic E-state index is 13.0. The Kier molecular flexibility index (Phi) is 5.19. The van der Waals surface area contributed by atoms with Gasteiger partial charge in [0.05, 0.1) is 16.8 Å². The first-order valence-electron chi connectivity index (χ1n) is 8.31. The highest BCUT2D eigenvalue weighted by Gasteiger charge is 2.35. The number of fused-ring (bicyclic) bond motifs is 1. The minimum atomic E-state index is -1.72. The van der Waals surface area contributed by atoms with E-state index in [2.05, 4.69) is 24.9 Å². The molecule has 0 aliphatic heterocycles. The van der Waals surface area contributed by atoms with Crippen molar-refractivity contribution in [2.45, 2.75) is 19.1 Å². The Balaban J connectivity index is 1.64. The Morgan fingerprint density at radius 1 is 1.31 bits per heavy atom. The number of nitrogens with one attached hydrogen (secondary N) is 1. The molecule has 4 rings (SSSR count). The molecule has 0 bridgehead atoms. The van der Waals surface area contributed by atoms with Crippen molar-refractivity contribution >= 4 is 32.7 Å². The maximum atomic E-state index is 13.0. The molecule has 150 valence electrons. The van der Waals surface area contributed by atoms with Gasteiger partial charge >= 0.3 is 0 Å². The molecule has 3 aromatic heterocycles. The topological polar surface area (TPSA) is 140 Å². The number of nitrogens with zero attached hydrogens (tertiary/aromatic N) is 4. The van der Waals surface area contributed by atoms with Crippen molar-refractivity contribution in [3.05, 3.63) is 59.3 Å². The van der Waals surface area contributed by atoms with Crippen LogP contribution in [0.2, 0.25) is 0 Å². The van der Waals surface area contributed by atoms with E-state index in [-0.39, 0.29) is 18.3 Å². The van der Waals surface area contributed by atoms with Crippen LogP contribution in [0.5, 0.6) is 0 Å². The van der Waals surface area contributed by atoms with Crippen molar-refractivity contribution in [2.24, 2.45) is 5.14 Å². The molecule has 0 saturated heterocycles. The first-order chi connectivity index (χ1) is 13.8. The van der Waals surface area contributed by atoms with Gasteiger partial charge in [0.1, 0.15) is 5.01 Å². The SMILES string of the molecule is CC(O)(c1nnc(CNS(N)=O)o1)c1nc2ccc(-c3ccc(F)nc3)cc2s1. The Morgan fingerprint density at radius 2 is 2.10 bits per heavy atom. The van der Waals surface area contributed by atoms with E-state index in [1.807, 2.05) is 18.2 Å². The number of hydrogen-bond donors (Lipinski definition) is 3. The second-order valence-corrected chi connectivity index (χ2v) is 8.18. The lowest BCUT2D eigenvalue weighted by atomic mass is 10.1. The number of thiazole rings is 1. The summed E-state index contributed by atoms with van der Waals surface area (Å²) < 4.78 is 32.7. The average Bonchev–Trinajstić information content (AvgIpc) is 3.34. The highest BCUT2D eigenvalue weighted by atomic mass is 32.2. The number of pyridine rings is 1. The van der Waals surface area contributed by atoms with Gasteiger partial charge in [-0.25, -0.2) is 24.0 Å². The van der Waals surface area contributed by atoms with Crippen LogP contribution in [-0.2, 0) is 23.3 Å². The number of rotatable bonds is 6. The second-order valence-electron chi connectivity index (χ2n) is 6.26. The van der Waals surface area contributed by atoms with Crippen LogP contribution in [0.3, 0.4) is 0 Å². The Bertz CT molecular complexity index is 1190. The van der Waals surface area contributed by atoms with E-state index in [0.717, 1.165) is 15.8 Å². The minimum absolute atomic E-state index is 0.00109. The molecule has 3 heterocycles.